The van der Waals surface area contributed by atoms with E-state index in [-0.39, 0.29) is 0 Å². The van der Waals surface area contributed by atoms with Crippen molar-refractivity contribution >= 4 is 11.5 Å². The standard InChI is InChI=1S/C14H17F2N3S/c1-3-5-12-14(20-19-18-12)13(17-4-2)10-8-9(15)6-7-11(10)16/h6-8,13,17H,3-5H2,1-2H3. The summed E-state index contributed by atoms with van der Waals surface area (Å²) >= 11 is 1.23. The summed E-state index contributed by atoms with van der Waals surface area (Å²) in [7, 11) is 0. The minimum atomic E-state index is -0.446. The first-order chi connectivity index (χ1) is 9.67. The molecule has 1 heterocycles. The summed E-state index contributed by atoms with van der Waals surface area (Å²) in [5, 5.41) is 7.29. The Balaban J connectivity index is 2.44. The molecule has 1 N–H and O–H groups in total. The van der Waals surface area contributed by atoms with Crippen molar-refractivity contribution in [3.8, 4) is 0 Å². The van der Waals surface area contributed by atoms with Crippen LogP contribution in [0.25, 0.3) is 0 Å². The molecule has 2 aromatic rings. The van der Waals surface area contributed by atoms with Gasteiger partial charge in [-0.3, -0.25) is 0 Å². The highest BCUT2D eigenvalue weighted by Gasteiger charge is 2.23. The van der Waals surface area contributed by atoms with Gasteiger partial charge in [-0.15, -0.1) is 5.10 Å². The number of aromatic nitrogens is 2. The van der Waals surface area contributed by atoms with E-state index < -0.39 is 17.7 Å². The molecule has 1 atom stereocenters. The molecule has 3 nitrogen and oxygen atoms in total. The average molecular weight is 297 g/mol. The van der Waals surface area contributed by atoms with E-state index in [1.807, 2.05) is 13.8 Å². The Morgan fingerprint density at radius 3 is 2.80 bits per heavy atom. The number of nitrogens with zero attached hydrogens (tertiary/aromatic N) is 2. The summed E-state index contributed by atoms with van der Waals surface area (Å²) in [5.41, 5.74) is 1.15. The lowest BCUT2D eigenvalue weighted by molar-refractivity contribution is 0.545. The molecule has 0 radical (unpaired) electrons. The van der Waals surface area contributed by atoms with E-state index in [1.165, 1.54) is 17.6 Å². The Morgan fingerprint density at radius 1 is 1.30 bits per heavy atom. The third-order valence-corrected chi connectivity index (χ3v) is 3.84. The number of aryl methyl sites for hydroxylation is 1. The van der Waals surface area contributed by atoms with Crippen LogP contribution in [0.2, 0.25) is 0 Å². The zero-order valence-electron chi connectivity index (χ0n) is 11.5. The van der Waals surface area contributed by atoms with Gasteiger partial charge in [-0.1, -0.05) is 24.8 Å². The van der Waals surface area contributed by atoms with Crippen molar-refractivity contribution in [1.29, 1.82) is 0 Å². The number of rotatable bonds is 6. The predicted octanol–water partition coefficient (Wildman–Crippen LogP) is 3.47. The van der Waals surface area contributed by atoms with Gasteiger partial charge in [0.1, 0.15) is 11.6 Å². The smallest absolute Gasteiger partial charge is 0.128 e. The van der Waals surface area contributed by atoms with Crippen molar-refractivity contribution in [3.05, 3.63) is 46.0 Å². The van der Waals surface area contributed by atoms with Crippen molar-refractivity contribution in [2.24, 2.45) is 0 Å². The van der Waals surface area contributed by atoms with E-state index in [2.05, 4.69) is 14.9 Å². The molecule has 6 heteroatoms. The van der Waals surface area contributed by atoms with Gasteiger partial charge in [-0.25, -0.2) is 8.78 Å². The number of nitrogens with one attached hydrogen (secondary N) is 1. The van der Waals surface area contributed by atoms with Crippen LogP contribution in [0.4, 0.5) is 8.78 Å². The maximum atomic E-state index is 14.0. The fraction of sp³-hybridized carbons (Fsp3) is 0.429. The molecule has 108 valence electrons. The molecule has 0 saturated heterocycles. The number of hydrogen-bond acceptors (Lipinski definition) is 4. The zero-order chi connectivity index (χ0) is 14.5. The minimum absolute atomic E-state index is 0.301. The summed E-state index contributed by atoms with van der Waals surface area (Å²) < 4.78 is 31.4. The Hall–Kier alpha value is -1.40. The van der Waals surface area contributed by atoms with Crippen LogP contribution in [0, 0.1) is 11.6 Å². The largest absolute Gasteiger partial charge is 0.306 e. The Labute approximate surface area is 121 Å². The first-order valence-electron chi connectivity index (χ1n) is 6.66. The van der Waals surface area contributed by atoms with Gasteiger partial charge in [-0.2, -0.15) is 0 Å². The molecule has 1 aromatic carbocycles. The van der Waals surface area contributed by atoms with Crippen LogP contribution in [-0.4, -0.2) is 16.1 Å². The van der Waals surface area contributed by atoms with E-state index in [0.29, 0.717) is 12.1 Å². The average Bonchev–Trinajstić information content (AvgIpc) is 2.88. The minimum Gasteiger partial charge on any atom is -0.306 e. The molecule has 0 aliphatic rings. The molecule has 0 saturated carbocycles. The van der Waals surface area contributed by atoms with E-state index in [4.69, 9.17) is 0 Å². The molecule has 2 rings (SSSR count). The van der Waals surface area contributed by atoms with Crippen molar-refractivity contribution < 1.29 is 8.78 Å². The van der Waals surface area contributed by atoms with Gasteiger partial charge < -0.3 is 5.32 Å². The third-order valence-electron chi connectivity index (χ3n) is 3.01. The molecule has 1 aromatic heterocycles. The van der Waals surface area contributed by atoms with Crippen LogP contribution in [0.3, 0.4) is 0 Å². The topological polar surface area (TPSA) is 37.8 Å². The van der Waals surface area contributed by atoms with E-state index >= 15 is 0 Å². The summed E-state index contributed by atoms with van der Waals surface area (Å²) in [6, 6.07) is 3.11. The van der Waals surface area contributed by atoms with Crippen LogP contribution >= 0.6 is 11.5 Å². The SMILES string of the molecule is CCCc1nnsc1C(NCC)c1cc(F)ccc1F. The van der Waals surface area contributed by atoms with Crippen molar-refractivity contribution in [3.63, 3.8) is 0 Å². The third kappa shape index (κ3) is 3.19. The van der Waals surface area contributed by atoms with Gasteiger partial charge in [0.05, 0.1) is 16.6 Å². The second-order valence-electron chi connectivity index (χ2n) is 4.49. The lowest BCUT2D eigenvalue weighted by Gasteiger charge is -2.18. The lowest BCUT2D eigenvalue weighted by atomic mass is 10.0. The van der Waals surface area contributed by atoms with Crippen LogP contribution in [0.1, 0.15) is 42.4 Å². The maximum Gasteiger partial charge on any atom is 0.128 e. The maximum absolute atomic E-state index is 14.0. The molecule has 0 amide bonds. The van der Waals surface area contributed by atoms with Gasteiger partial charge >= 0.3 is 0 Å². The van der Waals surface area contributed by atoms with Gasteiger partial charge in [0.15, 0.2) is 0 Å². The first-order valence-corrected chi connectivity index (χ1v) is 7.44. The van der Waals surface area contributed by atoms with E-state index in [1.54, 1.807) is 0 Å². The molecule has 20 heavy (non-hydrogen) atoms. The first kappa shape index (κ1) is 15.0. The normalized spacial score (nSPS) is 12.6. The van der Waals surface area contributed by atoms with Gasteiger partial charge in [0.25, 0.3) is 0 Å². The van der Waals surface area contributed by atoms with Crippen LogP contribution in [0.5, 0.6) is 0 Å². The summed E-state index contributed by atoms with van der Waals surface area (Å²) in [6.07, 6.45) is 1.72. The van der Waals surface area contributed by atoms with Crippen molar-refractivity contribution in [2.75, 3.05) is 6.54 Å². The Bertz CT molecular complexity index is 571. The molecule has 0 spiro atoms. The highest BCUT2D eigenvalue weighted by atomic mass is 32.1. The molecule has 1 unspecified atom stereocenters. The Morgan fingerprint density at radius 2 is 2.10 bits per heavy atom. The highest BCUT2D eigenvalue weighted by molar-refractivity contribution is 7.05. The quantitative estimate of drug-likeness (QED) is 0.887. The second-order valence-corrected chi connectivity index (χ2v) is 5.28. The summed E-state index contributed by atoms with van der Waals surface area (Å²) in [5.74, 6) is -0.869. The fourth-order valence-electron chi connectivity index (χ4n) is 2.13. The fourth-order valence-corrected chi connectivity index (χ4v) is 2.92. The molecule has 0 aliphatic carbocycles. The van der Waals surface area contributed by atoms with Gasteiger partial charge in [0.2, 0.25) is 0 Å². The van der Waals surface area contributed by atoms with Crippen molar-refractivity contribution in [2.45, 2.75) is 32.7 Å². The second kappa shape index (κ2) is 6.85. The molecular formula is C14H17F2N3S. The van der Waals surface area contributed by atoms with Crippen LogP contribution < -0.4 is 5.32 Å². The molecule has 0 aliphatic heterocycles. The van der Waals surface area contributed by atoms with Gasteiger partial charge in [0, 0.05) is 5.56 Å². The summed E-state index contributed by atoms with van der Waals surface area (Å²) in [6.45, 7) is 4.62. The van der Waals surface area contributed by atoms with E-state index in [9.17, 15) is 8.78 Å². The number of halogens is 2. The lowest BCUT2D eigenvalue weighted by Crippen LogP contribution is -2.23. The highest BCUT2D eigenvalue weighted by Crippen LogP contribution is 2.29. The predicted molar refractivity (Wildman–Crippen MR) is 75.8 cm³/mol. The van der Waals surface area contributed by atoms with Crippen LogP contribution in [-0.2, 0) is 6.42 Å². The molecule has 0 fully saturated rings. The van der Waals surface area contributed by atoms with Crippen molar-refractivity contribution in [1.82, 2.24) is 14.9 Å². The zero-order valence-corrected chi connectivity index (χ0v) is 12.3. The Kier molecular flexibility index (Phi) is 5.14. The van der Waals surface area contributed by atoms with E-state index in [0.717, 1.165) is 35.5 Å². The van der Waals surface area contributed by atoms with Crippen LogP contribution in [0.15, 0.2) is 18.2 Å². The molecule has 0 bridgehead atoms. The molecular weight excluding hydrogens is 280 g/mol. The summed E-state index contributed by atoms with van der Waals surface area (Å²) in [4.78, 5) is 0.859. The number of hydrogen-bond donors (Lipinski definition) is 1. The van der Waals surface area contributed by atoms with Gasteiger partial charge in [-0.05, 0) is 42.7 Å². The number of benzene rings is 1. The monoisotopic (exact) mass is 297 g/mol.